The normalized spacial score (nSPS) is 16.8. The Morgan fingerprint density at radius 1 is 1.12 bits per heavy atom. The SMILES string of the molecule is COc1cccc(-n2cc(C(=O)NCCCN3CCCC[C@H]3C)c3ccccc3c2=O)c1. The number of fused-ring (bicyclic) bond motifs is 1. The van der Waals surface area contributed by atoms with Gasteiger partial charge in [-0.15, -0.1) is 0 Å². The third-order valence-corrected chi connectivity index (χ3v) is 6.35. The summed E-state index contributed by atoms with van der Waals surface area (Å²) in [5.74, 6) is 0.491. The van der Waals surface area contributed by atoms with Gasteiger partial charge in [0.1, 0.15) is 5.75 Å². The van der Waals surface area contributed by atoms with E-state index in [-0.39, 0.29) is 11.5 Å². The lowest BCUT2D eigenvalue weighted by Crippen LogP contribution is -2.39. The number of carbonyl (C=O) groups is 1. The standard InChI is InChI=1S/C26H31N3O3/c1-19-9-5-6-15-28(19)16-8-14-27-25(30)24-18-29(20-10-7-11-21(17-20)32-2)26(31)23-13-4-3-12-22(23)24/h3-4,7,10-13,17-19H,5-6,8-9,14-16H2,1-2H3,(H,27,30)/t19-/m1/s1. The summed E-state index contributed by atoms with van der Waals surface area (Å²) < 4.78 is 6.83. The van der Waals surface area contributed by atoms with E-state index < -0.39 is 0 Å². The lowest BCUT2D eigenvalue weighted by Gasteiger charge is -2.33. The monoisotopic (exact) mass is 433 g/mol. The molecule has 1 amide bonds. The number of hydrogen-bond acceptors (Lipinski definition) is 4. The minimum atomic E-state index is -0.163. The molecule has 4 rings (SSSR count). The van der Waals surface area contributed by atoms with Gasteiger partial charge in [-0.25, -0.2) is 0 Å². The summed E-state index contributed by atoms with van der Waals surface area (Å²) in [6, 6.07) is 15.2. The van der Waals surface area contributed by atoms with Crippen molar-refractivity contribution in [3.63, 3.8) is 0 Å². The lowest BCUT2D eigenvalue weighted by atomic mass is 10.0. The zero-order valence-corrected chi connectivity index (χ0v) is 18.8. The van der Waals surface area contributed by atoms with Crippen LogP contribution in [0, 0.1) is 0 Å². The van der Waals surface area contributed by atoms with Crippen molar-refractivity contribution in [2.45, 2.75) is 38.6 Å². The summed E-state index contributed by atoms with van der Waals surface area (Å²) in [5, 5.41) is 4.24. The number of amides is 1. The zero-order chi connectivity index (χ0) is 22.5. The van der Waals surface area contributed by atoms with E-state index in [4.69, 9.17) is 4.74 Å². The number of pyridine rings is 1. The summed E-state index contributed by atoms with van der Waals surface area (Å²) in [6.07, 6.45) is 6.37. The third-order valence-electron chi connectivity index (χ3n) is 6.35. The average molecular weight is 434 g/mol. The minimum absolute atomic E-state index is 0.162. The van der Waals surface area contributed by atoms with E-state index >= 15 is 0 Å². The summed E-state index contributed by atoms with van der Waals surface area (Å²) in [4.78, 5) is 28.8. The van der Waals surface area contributed by atoms with Crippen LogP contribution < -0.4 is 15.6 Å². The van der Waals surface area contributed by atoms with Crippen LogP contribution in [0.1, 0.15) is 43.0 Å². The van der Waals surface area contributed by atoms with E-state index in [2.05, 4.69) is 17.1 Å². The Labute approximate surface area is 188 Å². The molecule has 1 fully saturated rings. The molecule has 0 saturated carbocycles. The van der Waals surface area contributed by atoms with Gasteiger partial charge >= 0.3 is 0 Å². The fraction of sp³-hybridized carbons (Fsp3) is 0.385. The second-order valence-electron chi connectivity index (χ2n) is 8.46. The Morgan fingerprint density at radius 2 is 1.94 bits per heavy atom. The summed E-state index contributed by atoms with van der Waals surface area (Å²) in [6.45, 7) is 5.02. The molecule has 32 heavy (non-hydrogen) atoms. The molecule has 3 aromatic rings. The molecule has 0 bridgehead atoms. The smallest absolute Gasteiger partial charge is 0.262 e. The van der Waals surface area contributed by atoms with Gasteiger partial charge in [-0.2, -0.15) is 0 Å². The van der Waals surface area contributed by atoms with Crippen molar-refractivity contribution in [3.8, 4) is 11.4 Å². The molecule has 0 radical (unpaired) electrons. The van der Waals surface area contributed by atoms with Crippen LogP contribution in [-0.2, 0) is 0 Å². The fourth-order valence-electron chi connectivity index (χ4n) is 4.49. The van der Waals surface area contributed by atoms with Crippen LogP contribution in [0.4, 0.5) is 0 Å². The molecule has 0 aliphatic carbocycles. The summed E-state index contributed by atoms with van der Waals surface area (Å²) >= 11 is 0. The quantitative estimate of drug-likeness (QED) is 0.572. The van der Waals surface area contributed by atoms with E-state index in [0.717, 1.165) is 19.5 Å². The minimum Gasteiger partial charge on any atom is -0.497 e. The van der Waals surface area contributed by atoms with Gasteiger partial charge in [0.25, 0.3) is 11.5 Å². The third kappa shape index (κ3) is 4.70. The average Bonchev–Trinajstić information content (AvgIpc) is 2.83. The maximum absolute atomic E-state index is 13.2. The number of methoxy groups -OCH3 is 1. The Hall–Kier alpha value is -3.12. The van der Waals surface area contributed by atoms with Crippen molar-refractivity contribution >= 4 is 16.7 Å². The number of ether oxygens (including phenoxy) is 1. The number of nitrogens with one attached hydrogen (secondary N) is 1. The molecule has 2 heterocycles. The maximum atomic E-state index is 13.2. The molecule has 1 atom stereocenters. The first kappa shape index (κ1) is 22.1. The van der Waals surface area contributed by atoms with Crippen LogP contribution in [0.25, 0.3) is 16.5 Å². The van der Waals surface area contributed by atoms with Crippen LogP contribution in [0.15, 0.2) is 59.5 Å². The summed E-state index contributed by atoms with van der Waals surface area (Å²) in [7, 11) is 1.59. The number of nitrogens with zero attached hydrogens (tertiary/aromatic N) is 2. The van der Waals surface area contributed by atoms with Gasteiger partial charge in [-0.05, 0) is 50.9 Å². The molecule has 1 saturated heterocycles. The highest BCUT2D eigenvalue weighted by Crippen LogP contribution is 2.20. The molecular formula is C26H31N3O3. The molecule has 6 heteroatoms. The van der Waals surface area contributed by atoms with Crippen molar-refractivity contribution < 1.29 is 9.53 Å². The van der Waals surface area contributed by atoms with Gasteiger partial charge < -0.3 is 15.0 Å². The first-order chi connectivity index (χ1) is 15.6. The molecule has 1 N–H and O–H groups in total. The predicted octanol–water partition coefficient (Wildman–Crippen LogP) is 3.99. The molecule has 1 aromatic heterocycles. The lowest BCUT2D eigenvalue weighted by molar-refractivity contribution is 0.0950. The van der Waals surface area contributed by atoms with E-state index in [0.29, 0.717) is 40.4 Å². The predicted molar refractivity (Wildman–Crippen MR) is 128 cm³/mol. The van der Waals surface area contributed by atoms with Crippen molar-refractivity contribution in [2.75, 3.05) is 26.7 Å². The largest absolute Gasteiger partial charge is 0.497 e. The second kappa shape index (κ2) is 10.0. The van der Waals surface area contributed by atoms with Gasteiger partial charge in [0, 0.05) is 42.2 Å². The fourth-order valence-corrected chi connectivity index (χ4v) is 4.49. The Morgan fingerprint density at radius 3 is 2.72 bits per heavy atom. The van der Waals surface area contributed by atoms with Gasteiger partial charge in [-0.3, -0.25) is 14.2 Å². The van der Waals surface area contributed by atoms with Gasteiger partial charge in [0.2, 0.25) is 0 Å². The first-order valence-electron chi connectivity index (χ1n) is 11.4. The second-order valence-corrected chi connectivity index (χ2v) is 8.46. The van der Waals surface area contributed by atoms with Crippen molar-refractivity contribution in [3.05, 3.63) is 70.6 Å². The van der Waals surface area contributed by atoms with Crippen LogP contribution >= 0.6 is 0 Å². The number of rotatable bonds is 7. The molecule has 2 aromatic carbocycles. The molecule has 1 aliphatic rings. The van der Waals surface area contributed by atoms with E-state index in [1.807, 2.05) is 36.4 Å². The number of aromatic nitrogens is 1. The molecule has 0 unspecified atom stereocenters. The Kier molecular flexibility index (Phi) is 6.90. The van der Waals surface area contributed by atoms with Crippen molar-refractivity contribution in [1.29, 1.82) is 0 Å². The topological polar surface area (TPSA) is 63.6 Å². The van der Waals surface area contributed by atoms with Crippen LogP contribution in [0.5, 0.6) is 5.75 Å². The summed E-state index contributed by atoms with van der Waals surface area (Å²) in [5.41, 5.74) is 0.993. The van der Waals surface area contributed by atoms with E-state index in [1.54, 1.807) is 25.4 Å². The number of piperidine rings is 1. The van der Waals surface area contributed by atoms with Crippen LogP contribution in [-0.4, -0.2) is 48.2 Å². The van der Waals surface area contributed by atoms with Crippen LogP contribution in [0.3, 0.4) is 0 Å². The number of benzene rings is 2. The molecule has 1 aliphatic heterocycles. The van der Waals surface area contributed by atoms with E-state index in [9.17, 15) is 9.59 Å². The molecule has 0 spiro atoms. The highest BCUT2D eigenvalue weighted by molar-refractivity contribution is 6.06. The van der Waals surface area contributed by atoms with E-state index in [1.165, 1.54) is 23.8 Å². The Balaban J connectivity index is 1.56. The van der Waals surface area contributed by atoms with Crippen LogP contribution in [0.2, 0.25) is 0 Å². The zero-order valence-electron chi connectivity index (χ0n) is 18.8. The highest BCUT2D eigenvalue weighted by atomic mass is 16.5. The number of likely N-dealkylation sites (tertiary alicyclic amines) is 1. The van der Waals surface area contributed by atoms with Crippen molar-refractivity contribution in [1.82, 2.24) is 14.8 Å². The maximum Gasteiger partial charge on any atom is 0.262 e. The van der Waals surface area contributed by atoms with Crippen molar-refractivity contribution in [2.24, 2.45) is 0 Å². The molecular weight excluding hydrogens is 402 g/mol. The Bertz CT molecular complexity index is 1150. The number of carbonyl (C=O) groups excluding carboxylic acids is 1. The van der Waals surface area contributed by atoms with Gasteiger partial charge in [0.05, 0.1) is 18.4 Å². The number of hydrogen-bond donors (Lipinski definition) is 1. The molecule has 6 nitrogen and oxygen atoms in total. The highest BCUT2D eigenvalue weighted by Gasteiger charge is 2.18. The van der Waals surface area contributed by atoms with Gasteiger partial charge in [-0.1, -0.05) is 30.7 Å². The first-order valence-corrected chi connectivity index (χ1v) is 11.4. The molecule has 168 valence electrons. The van der Waals surface area contributed by atoms with Gasteiger partial charge in [0.15, 0.2) is 0 Å².